The second-order valence-corrected chi connectivity index (χ2v) is 12.2. The van der Waals surface area contributed by atoms with Crippen LogP contribution in [0, 0.1) is 23.0 Å². The molecule has 220 valence electrons. The Hall–Kier alpha value is -3.79. The van der Waals surface area contributed by atoms with E-state index >= 15 is 8.78 Å². The number of ether oxygens (including phenoxy) is 2. The molecule has 5 rings (SSSR count). The van der Waals surface area contributed by atoms with Crippen molar-refractivity contribution in [3.05, 3.63) is 40.4 Å². The molecular formula is C29H29ClF2N6O3S. The van der Waals surface area contributed by atoms with Gasteiger partial charge in [0, 0.05) is 35.5 Å². The molecule has 2 N–H and O–H groups in total. The summed E-state index contributed by atoms with van der Waals surface area (Å²) >= 11 is 7.61. The van der Waals surface area contributed by atoms with Crippen LogP contribution in [0.4, 0.5) is 24.4 Å². The van der Waals surface area contributed by atoms with Crippen molar-refractivity contribution < 1.29 is 23.0 Å². The van der Waals surface area contributed by atoms with Gasteiger partial charge >= 0.3 is 12.1 Å². The molecule has 4 aromatic rings. The van der Waals surface area contributed by atoms with Crippen molar-refractivity contribution in [2.24, 2.45) is 0 Å². The highest BCUT2D eigenvalue weighted by atomic mass is 35.5. The van der Waals surface area contributed by atoms with E-state index in [2.05, 4.69) is 20.6 Å². The summed E-state index contributed by atoms with van der Waals surface area (Å²) in [5, 5.41) is 16.6. The van der Waals surface area contributed by atoms with Crippen LogP contribution in [0.5, 0.6) is 6.01 Å². The topological polar surface area (TPSA) is 112 Å². The number of likely N-dealkylation sites (N-methyl/N-ethyl adjacent to an activating group) is 1. The number of aromatic nitrogens is 2. The van der Waals surface area contributed by atoms with E-state index in [1.807, 2.05) is 17.9 Å². The number of hydrogen-bond donors (Lipinski definition) is 2. The molecule has 0 spiro atoms. The van der Waals surface area contributed by atoms with Crippen molar-refractivity contribution in [1.29, 1.82) is 5.26 Å². The number of hydrogen-bond acceptors (Lipinski definition) is 9. The van der Waals surface area contributed by atoms with E-state index in [9.17, 15) is 10.1 Å². The minimum absolute atomic E-state index is 0.0222. The summed E-state index contributed by atoms with van der Waals surface area (Å²) in [5.74, 6) is -0.942. The molecule has 1 amide bonds. The first-order valence-electron chi connectivity index (χ1n) is 13.3. The van der Waals surface area contributed by atoms with Crippen LogP contribution in [0.15, 0.2) is 18.2 Å². The number of fused-ring (bicyclic) bond motifs is 2. The number of carbonyl (C=O) groups is 1. The number of nitriles is 1. The molecule has 2 aromatic carbocycles. The third kappa shape index (κ3) is 5.52. The lowest BCUT2D eigenvalue weighted by molar-refractivity contribution is 0.0636. The predicted molar refractivity (Wildman–Crippen MR) is 161 cm³/mol. The summed E-state index contributed by atoms with van der Waals surface area (Å²) < 4.78 is 42.3. The fraction of sp³-hybridized carbons (Fsp3) is 0.379. The first-order valence-corrected chi connectivity index (χ1v) is 14.5. The van der Waals surface area contributed by atoms with Crippen LogP contribution < -0.4 is 20.3 Å². The van der Waals surface area contributed by atoms with Crippen LogP contribution >= 0.6 is 22.9 Å². The maximum atomic E-state index is 16.6. The number of amides is 1. The molecule has 1 aliphatic rings. The van der Waals surface area contributed by atoms with Crippen LogP contribution in [0.2, 0.25) is 5.02 Å². The minimum atomic E-state index is -0.809. The molecule has 1 fully saturated rings. The maximum Gasteiger partial charge on any atom is 0.412 e. The fourth-order valence-corrected chi connectivity index (χ4v) is 6.21. The van der Waals surface area contributed by atoms with Gasteiger partial charge in [0.2, 0.25) is 0 Å². The number of nitrogens with one attached hydrogen (secondary N) is 2. The van der Waals surface area contributed by atoms with Crippen LogP contribution in [0.3, 0.4) is 0 Å². The fourth-order valence-electron chi connectivity index (χ4n) is 4.85. The second kappa shape index (κ2) is 11.5. The molecule has 0 radical (unpaired) electrons. The summed E-state index contributed by atoms with van der Waals surface area (Å²) in [4.78, 5) is 23.3. The summed E-state index contributed by atoms with van der Waals surface area (Å²) in [6, 6.07) is 6.39. The molecule has 13 heteroatoms. The van der Waals surface area contributed by atoms with Crippen LogP contribution in [0.25, 0.3) is 32.1 Å². The third-order valence-electron chi connectivity index (χ3n) is 6.86. The lowest BCUT2D eigenvalue weighted by Gasteiger charge is -2.34. The van der Waals surface area contributed by atoms with E-state index in [-0.39, 0.29) is 54.4 Å². The normalized spacial score (nSPS) is 14.9. The number of rotatable bonds is 7. The number of carbonyl (C=O) groups excluding carboxylic acids is 1. The summed E-state index contributed by atoms with van der Waals surface area (Å²) in [5.41, 5.74) is -0.768. The first-order chi connectivity index (χ1) is 19.9. The molecule has 0 saturated carbocycles. The van der Waals surface area contributed by atoms with Gasteiger partial charge in [-0.15, -0.1) is 11.3 Å². The third-order valence-corrected chi connectivity index (χ3v) is 8.27. The molecule has 1 saturated heterocycles. The molecule has 0 aliphatic carbocycles. The number of anilines is 2. The highest BCUT2D eigenvalue weighted by molar-refractivity contribution is 7.23. The zero-order chi connectivity index (χ0) is 30.3. The van der Waals surface area contributed by atoms with Gasteiger partial charge in [-0.1, -0.05) is 17.7 Å². The number of methoxy groups -OCH3 is 1. The summed E-state index contributed by atoms with van der Waals surface area (Å²) in [6.07, 6.45) is 0.208. The van der Waals surface area contributed by atoms with Gasteiger partial charge in [0.15, 0.2) is 5.82 Å². The Morgan fingerprint density at radius 3 is 2.67 bits per heavy atom. The van der Waals surface area contributed by atoms with Crippen molar-refractivity contribution >= 4 is 60.8 Å². The quantitative estimate of drug-likeness (QED) is 0.232. The Bertz CT molecular complexity index is 1750. The predicted octanol–water partition coefficient (Wildman–Crippen LogP) is 6.86. The zero-order valence-electron chi connectivity index (χ0n) is 23.7. The average molecular weight is 615 g/mol. The monoisotopic (exact) mass is 614 g/mol. The van der Waals surface area contributed by atoms with Crippen molar-refractivity contribution in [2.45, 2.75) is 45.8 Å². The van der Waals surface area contributed by atoms with Gasteiger partial charge in [0.05, 0.1) is 22.4 Å². The number of halogens is 3. The van der Waals surface area contributed by atoms with Gasteiger partial charge in [0.25, 0.3) is 0 Å². The molecule has 1 unspecified atom stereocenters. The van der Waals surface area contributed by atoms with E-state index in [4.69, 9.17) is 21.1 Å². The average Bonchev–Trinajstić information content (AvgIpc) is 3.26. The molecule has 2 aromatic heterocycles. The number of benzene rings is 2. The highest BCUT2D eigenvalue weighted by Gasteiger charge is 2.28. The molecule has 1 aliphatic heterocycles. The summed E-state index contributed by atoms with van der Waals surface area (Å²) in [7, 11) is 1.40. The minimum Gasteiger partial charge on any atom is -0.467 e. The Morgan fingerprint density at radius 2 is 2.07 bits per heavy atom. The van der Waals surface area contributed by atoms with E-state index in [0.29, 0.717) is 24.3 Å². The molecule has 9 nitrogen and oxygen atoms in total. The summed E-state index contributed by atoms with van der Waals surface area (Å²) in [6.45, 7) is 9.24. The Balaban J connectivity index is 1.71. The van der Waals surface area contributed by atoms with Crippen LogP contribution in [0.1, 0.15) is 39.7 Å². The Morgan fingerprint density at radius 1 is 1.33 bits per heavy atom. The smallest absolute Gasteiger partial charge is 0.412 e. The highest BCUT2D eigenvalue weighted by Crippen LogP contribution is 2.46. The van der Waals surface area contributed by atoms with Crippen molar-refractivity contribution in [3.8, 4) is 23.2 Å². The maximum absolute atomic E-state index is 16.6. The molecular weight excluding hydrogens is 586 g/mol. The van der Waals surface area contributed by atoms with Crippen molar-refractivity contribution in [3.63, 3.8) is 0 Å². The van der Waals surface area contributed by atoms with E-state index < -0.39 is 23.3 Å². The van der Waals surface area contributed by atoms with Gasteiger partial charge < -0.3 is 19.7 Å². The van der Waals surface area contributed by atoms with Crippen molar-refractivity contribution in [1.82, 2.24) is 15.3 Å². The standard InChI is InChI=1S/C29H29ClF2N6O3S/c1-6-38(13-14-9-10-34-14)25-16-11-18(30)21(22(32)23(16)35-27(36-25)40-5)15-7-8-19(31)24-20(15)17(12-33)26(42-24)37-28(39)41-29(2,3)4/h7-8,11,14,34H,6,9-10,13H2,1-5H3,(H,37,39). The molecule has 1 atom stereocenters. The van der Waals surface area contributed by atoms with E-state index in [1.54, 1.807) is 26.8 Å². The van der Waals surface area contributed by atoms with E-state index in [1.165, 1.54) is 19.2 Å². The Labute approximate surface area is 250 Å². The largest absolute Gasteiger partial charge is 0.467 e. The Kier molecular flexibility index (Phi) is 8.11. The SMILES string of the molecule is CCN(CC1CCN1)c1nc(OC)nc2c(F)c(-c3ccc(F)c4sc(NC(=O)OC(C)(C)C)c(C#N)c34)c(Cl)cc12. The van der Waals surface area contributed by atoms with Gasteiger partial charge in [0.1, 0.15) is 33.8 Å². The van der Waals surface area contributed by atoms with Gasteiger partial charge in [-0.3, -0.25) is 5.32 Å². The van der Waals surface area contributed by atoms with E-state index in [0.717, 1.165) is 24.3 Å². The first kappa shape index (κ1) is 29.7. The van der Waals surface area contributed by atoms with Crippen LogP contribution in [-0.2, 0) is 4.74 Å². The lowest BCUT2D eigenvalue weighted by atomic mass is 9.97. The van der Waals surface area contributed by atoms with Gasteiger partial charge in [-0.05, 0) is 58.4 Å². The number of thiophene rings is 1. The molecule has 42 heavy (non-hydrogen) atoms. The molecule has 0 bridgehead atoms. The van der Waals surface area contributed by atoms with Crippen LogP contribution in [-0.4, -0.2) is 54.4 Å². The number of nitrogens with zero attached hydrogens (tertiary/aromatic N) is 4. The van der Waals surface area contributed by atoms with Gasteiger partial charge in [-0.25, -0.2) is 13.6 Å². The lowest BCUT2D eigenvalue weighted by Crippen LogP contribution is -2.50. The molecule has 3 heterocycles. The van der Waals surface area contributed by atoms with Gasteiger partial charge in [-0.2, -0.15) is 15.2 Å². The second-order valence-electron chi connectivity index (χ2n) is 10.8. The van der Waals surface area contributed by atoms with Crippen molar-refractivity contribution in [2.75, 3.05) is 37.0 Å². The zero-order valence-corrected chi connectivity index (χ0v) is 25.3.